The van der Waals surface area contributed by atoms with Gasteiger partial charge in [-0.25, -0.2) is 0 Å². The van der Waals surface area contributed by atoms with E-state index in [1.807, 2.05) is 0 Å². The molecule has 2 N–H and O–H groups in total. The maximum absolute atomic E-state index is 12.8. The predicted octanol–water partition coefficient (Wildman–Crippen LogP) is 11.4. The summed E-state index contributed by atoms with van der Waals surface area (Å²) >= 11 is 0. The zero-order chi connectivity index (χ0) is 35.3. The number of aliphatic hydroxyl groups excluding tert-OH is 1. The molecule has 0 aromatic heterocycles. The Morgan fingerprint density at radius 1 is 0.796 bits per heavy atom. The number of rotatable bonds is 20. The number of aliphatic hydroxyl groups is 1. The zero-order valence-electron chi connectivity index (χ0n) is 31.8. The lowest BCUT2D eigenvalue weighted by molar-refractivity contribution is -0.181. The molecule has 0 amide bonds. The molecule has 4 aliphatic carbocycles. The first-order valence-corrected chi connectivity index (χ1v) is 20.7. The maximum Gasteiger partial charge on any atom is 0.306 e. The summed E-state index contributed by atoms with van der Waals surface area (Å²) in [6.07, 6.45) is 36.1. The van der Waals surface area contributed by atoms with Gasteiger partial charge in [-0.15, -0.1) is 0 Å². The van der Waals surface area contributed by atoms with E-state index in [2.05, 4.69) is 64.2 Å². The average Bonchev–Trinajstić information content (AvgIpc) is 3.44. The van der Waals surface area contributed by atoms with Crippen LogP contribution in [0.3, 0.4) is 0 Å². The van der Waals surface area contributed by atoms with Crippen LogP contribution in [0.25, 0.3) is 0 Å². The molecular weight excluding hydrogens is 608 g/mol. The third kappa shape index (κ3) is 10.6. The highest BCUT2D eigenvalue weighted by molar-refractivity contribution is 5.69. The number of carboxylic acid groups (broad SMARTS) is 1. The highest BCUT2D eigenvalue weighted by Gasteiger charge is 2.63. The molecule has 10 atom stereocenters. The van der Waals surface area contributed by atoms with Crippen molar-refractivity contribution in [2.75, 3.05) is 0 Å². The Labute approximate surface area is 299 Å². The van der Waals surface area contributed by atoms with Crippen LogP contribution in [0.1, 0.15) is 169 Å². The number of ether oxygens (including phenoxy) is 1. The summed E-state index contributed by atoms with van der Waals surface area (Å²) in [4.78, 5) is 24.1. The van der Waals surface area contributed by atoms with Crippen molar-refractivity contribution in [2.24, 2.45) is 46.3 Å². The molecule has 4 aliphatic rings. The number of hydrogen-bond acceptors (Lipinski definition) is 4. The minimum absolute atomic E-state index is 0.000726. The van der Waals surface area contributed by atoms with Gasteiger partial charge in [0.15, 0.2) is 0 Å². The van der Waals surface area contributed by atoms with Gasteiger partial charge in [0.25, 0.3) is 0 Å². The van der Waals surface area contributed by atoms with Crippen LogP contribution in [0.2, 0.25) is 0 Å². The fourth-order valence-corrected chi connectivity index (χ4v) is 11.3. The second kappa shape index (κ2) is 19.7. The Kier molecular flexibility index (Phi) is 16.0. The molecule has 4 saturated carbocycles. The first-order valence-electron chi connectivity index (χ1n) is 20.7. The summed E-state index contributed by atoms with van der Waals surface area (Å²) in [6.45, 7) is 9.22. The van der Waals surface area contributed by atoms with Gasteiger partial charge in [0.1, 0.15) is 6.10 Å². The smallest absolute Gasteiger partial charge is 0.306 e. The molecule has 4 rings (SSSR count). The van der Waals surface area contributed by atoms with Gasteiger partial charge in [0.2, 0.25) is 0 Å². The van der Waals surface area contributed by atoms with Crippen molar-refractivity contribution in [3.8, 4) is 0 Å². The summed E-state index contributed by atoms with van der Waals surface area (Å²) in [5.41, 5.74) is 0.107. The number of allylic oxidation sites excluding steroid dienone is 6. The van der Waals surface area contributed by atoms with Crippen LogP contribution in [0.4, 0.5) is 0 Å². The molecule has 0 heterocycles. The lowest BCUT2D eigenvalue weighted by atomic mass is 9.43. The number of carbonyl (C=O) groups is 2. The van der Waals surface area contributed by atoms with E-state index in [0.717, 1.165) is 64.2 Å². The van der Waals surface area contributed by atoms with E-state index in [-0.39, 0.29) is 35.4 Å². The summed E-state index contributed by atoms with van der Waals surface area (Å²) in [5, 5.41) is 21.1. The van der Waals surface area contributed by atoms with E-state index in [1.165, 1.54) is 57.8 Å². The normalized spacial score (nSPS) is 35.0. The number of hydrogen-bond donors (Lipinski definition) is 2. The third-order valence-corrected chi connectivity index (χ3v) is 14.1. The van der Waals surface area contributed by atoms with Gasteiger partial charge < -0.3 is 14.9 Å². The number of fused-ring (bicyclic) bond motifs is 5. The quantitative estimate of drug-likeness (QED) is 0.0759. The van der Waals surface area contributed by atoms with Gasteiger partial charge in [-0.2, -0.15) is 0 Å². The van der Waals surface area contributed by atoms with E-state index in [9.17, 15) is 19.8 Å². The molecule has 278 valence electrons. The van der Waals surface area contributed by atoms with Gasteiger partial charge in [0, 0.05) is 12.8 Å². The van der Waals surface area contributed by atoms with Crippen LogP contribution in [0.15, 0.2) is 36.5 Å². The number of carboxylic acids is 1. The molecule has 0 bridgehead atoms. The van der Waals surface area contributed by atoms with Crippen molar-refractivity contribution in [3.63, 3.8) is 0 Å². The van der Waals surface area contributed by atoms with Crippen LogP contribution in [0.5, 0.6) is 0 Å². The van der Waals surface area contributed by atoms with Crippen LogP contribution < -0.4 is 0 Å². The molecule has 49 heavy (non-hydrogen) atoms. The van der Waals surface area contributed by atoms with Crippen molar-refractivity contribution in [1.29, 1.82) is 0 Å². The number of esters is 1. The van der Waals surface area contributed by atoms with Gasteiger partial charge in [-0.1, -0.05) is 96.3 Å². The van der Waals surface area contributed by atoms with E-state index in [4.69, 9.17) is 4.74 Å². The largest absolute Gasteiger partial charge is 0.481 e. The topological polar surface area (TPSA) is 83.8 Å². The predicted molar refractivity (Wildman–Crippen MR) is 201 cm³/mol. The molecule has 4 fully saturated rings. The molecule has 0 aromatic carbocycles. The van der Waals surface area contributed by atoms with Gasteiger partial charge in [-0.05, 0) is 143 Å². The van der Waals surface area contributed by atoms with Gasteiger partial charge in [0.05, 0.1) is 6.10 Å². The molecule has 5 heteroatoms. The van der Waals surface area contributed by atoms with Crippen molar-refractivity contribution in [3.05, 3.63) is 36.5 Å². The molecule has 0 saturated heterocycles. The summed E-state index contributed by atoms with van der Waals surface area (Å²) < 4.78 is 6.09. The fraction of sp³-hybridized carbons (Fsp3) is 0.818. The lowest BCUT2D eigenvalue weighted by Gasteiger charge is -2.62. The van der Waals surface area contributed by atoms with Crippen LogP contribution in [-0.4, -0.2) is 34.4 Å². The van der Waals surface area contributed by atoms with Crippen molar-refractivity contribution >= 4 is 11.9 Å². The molecule has 10 unspecified atom stereocenters. The third-order valence-electron chi connectivity index (χ3n) is 14.1. The number of aliphatic carboxylic acids is 1. The van der Waals surface area contributed by atoms with Crippen LogP contribution >= 0.6 is 0 Å². The first-order chi connectivity index (χ1) is 23.6. The molecule has 0 spiro atoms. The molecule has 0 aromatic rings. The highest BCUT2D eigenvalue weighted by Crippen LogP contribution is 2.68. The minimum Gasteiger partial charge on any atom is -0.481 e. The summed E-state index contributed by atoms with van der Waals surface area (Å²) in [6, 6.07) is 0. The minimum atomic E-state index is -0.713. The lowest BCUT2D eigenvalue weighted by Crippen LogP contribution is -2.59. The number of carbonyl (C=O) groups excluding carboxylic acids is 1. The SMILES string of the molecule is CC/C=C\C/C=C\C/C=C\CCCCCCCCCC(=O)OC1CCC2(C)C(CCC3C2CC(O)C2(C)C(C(C)CCC(=O)O)CCC32)C1. The Morgan fingerprint density at radius 3 is 2.18 bits per heavy atom. The standard InChI is InChI=1S/C44H72O5/c1-5-6-7-8-9-10-11-12-13-14-15-16-17-18-19-20-21-22-42(48)49-35-29-30-43(3)34(31-35)24-25-36-38-27-26-37(33(2)23-28-41(46)47)44(38,4)40(45)32-39(36)43/h6-7,9-10,12-13,33-40,45H,5,8,11,14-32H2,1-4H3,(H,46,47)/b7-6-,10-9-,13-12-. The van der Waals surface area contributed by atoms with E-state index < -0.39 is 5.97 Å². The molecule has 0 radical (unpaired) electrons. The Morgan fingerprint density at radius 2 is 1.47 bits per heavy atom. The Balaban J connectivity index is 1.10. The Bertz CT molecular complexity index is 1110. The fourth-order valence-electron chi connectivity index (χ4n) is 11.3. The van der Waals surface area contributed by atoms with E-state index in [1.54, 1.807) is 0 Å². The van der Waals surface area contributed by atoms with Gasteiger partial charge >= 0.3 is 11.9 Å². The van der Waals surface area contributed by atoms with E-state index >= 15 is 0 Å². The molecule has 5 nitrogen and oxygen atoms in total. The maximum atomic E-state index is 12.8. The second-order valence-electron chi connectivity index (χ2n) is 17.1. The van der Waals surface area contributed by atoms with Crippen LogP contribution in [0, 0.1) is 46.3 Å². The summed E-state index contributed by atoms with van der Waals surface area (Å²) in [7, 11) is 0. The Hall–Kier alpha value is -1.88. The van der Waals surface area contributed by atoms with Crippen molar-refractivity contribution in [2.45, 2.75) is 181 Å². The summed E-state index contributed by atoms with van der Waals surface area (Å²) in [5.74, 6) is 2.30. The molecular formula is C44H72O5. The molecule has 0 aliphatic heterocycles. The number of unbranched alkanes of at least 4 members (excludes halogenated alkanes) is 7. The highest BCUT2D eigenvalue weighted by atomic mass is 16.5. The second-order valence-corrected chi connectivity index (χ2v) is 17.1. The van der Waals surface area contributed by atoms with Crippen molar-refractivity contribution < 1.29 is 24.5 Å². The average molecular weight is 681 g/mol. The first kappa shape index (κ1) is 39.9. The van der Waals surface area contributed by atoms with Crippen molar-refractivity contribution in [1.82, 2.24) is 0 Å². The van der Waals surface area contributed by atoms with Crippen LogP contribution in [-0.2, 0) is 14.3 Å². The van der Waals surface area contributed by atoms with E-state index in [0.29, 0.717) is 48.3 Å². The zero-order valence-corrected chi connectivity index (χ0v) is 31.8. The van der Waals surface area contributed by atoms with Gasteiger partial charge in [-0.3, -0.25) is 9.59 Å². The monoisotopic (exact) mass is 681 g/mol.